The summed E-state index contributed by atoms with van der Waals surface area (Å²) in [6.07, 6.45) is 0. The van der Waals surface area contributed by atoms with Gasteiger partial charge in [0.2, 0.25) is 0 Å². The summed E-state index contributed by atoms with van der Waals surface area (Å²) in [4.78, 5) is 14.1. The Labute approximate surface area is 159 Å². The lowest BCUT2D eigenvalue weighted by Crippen LogP contribution is -2.16. The molecule has 0 radical (unpaired) electrons. The number of anilines is 4. The lowest BCUT2D eigenvalue weighted by Gasteiger charge is -2.13. The van der Waals surface area contributed by atoms with Gasteiger partial charge in [-0.15, -0.1) is 10.2 Å². The number of nitrogens with zero attached hydrogens (tertiary/aromatic N) is 3. The number of halogens is 3. The van der Waals surface area contributed by atoms with Crippen LogP contribution in [0.15, 0.2) is 48.5 Å². The van der Waals surface area contributed by atoms with Crippen LogP contribution in [0.3, 0.4) is 0 Å². The second-order valence-electron chi connectivity index (χ2n) is 6.05. The van der Waals surface area contributed by atoms with E-state index in [1.54, 1.807) is 0 Å². The third-order valence-electron chi connectivity index (χ3n) is 3.84. The number of benzene rings is 2. The summed E-state index contributed by atoms with van der Waals surface area (Å²) < 4.78 is 39.8. The van der Waals surface area contributed by atoms with E-state index in [-0.39, 0.29) is 5.69 Å². The monoisotopic (exact) mass is 387 g/mol. The van der Waals surface area contributed by atoms with Crippen LogP contribution in [0.5, 0.6) is 0 Å². The third-order valence-corrected chi connectivity index (χ3v) is 3.84. The Balaban J connectivity index is 1.68. The SMILES string of the molecule is CN(C)c1ccc(Nc2ccc(C(=O)Nc3ccc(F)c(F)c3F)nn2)cc1. The highest BCUT2D eigenvalue weighted by atomic mass is 19.2. The molecule has 0 unspecified atom stereocenters. The summed E-state index contributed by atoms with van der Waals surface area (Å²) in [5.41, 5.74) is 1.21. The van der Waals surface area contributed by atoms with Crippen LogP contribution in [-0.4, -0.2) is 30.2 Å². The van der Waals surface area contributed by atoms with Gasteiger partial charge in [-0.2, -0.15) is 0 Å². The first-order chi connectivity index (χ1) is 13.3. The molecule has 1 heterocycles. The van der Waals surface area contributed by atoms with Crippen LogP contribution in [-0.2, 0) is 0 Å². The standard InChI is InChI=1S/C19H16F3N5O/c1-27(2)12-5-3-11(4-6-12)23-16-10-9-15(25-26-16)19(28)24-14-8-7-13(20)17(21)18(14)22/h3-10H,1-2H3,(H,23,26)(H,24,28). The van der Waals surface area contributed by atoms with E-state index in [1.807, 2.05) is 43.3 Å². The quantitative estimate of drug-likeness (QED) is 0.649. The molecule has 0 bridgehead atoms. The molecule has 3 aromatic rings. The van der Waals surface area contributed by atoms with E-state index in [2.05, 4.69) is 20.8 Å². The highest BCUT2D eigenvalue weighted by Gasteiger charge is 2.17. The minimum atomic E-state index is -1.66. The summed E-state index contributed by atoms with van der Waals surface area (Å²) in [6, 6.07) is 12.1. The number of hydrogen-bond acceptors (Lipinski definition) is 5. The van der Waals surface area contributed by atoms with Gasteiger partial charge in [-0.3, -0.25) is 4.79 Å². The molecule has 0 aliphatic heterocycles. The van der Waals surface area contributed by atoms with E-state index in [0.717, 1.165) is 17.4 Å². The van der Waals surface area contributed by atoms with Crippen LogP contribution >= 0.6 is 0 Å². The number of carbonyl (C=O) groups is 1. The van der Waals surface area contributed by atoms with Gasteiger partial charge < -0.3 is 15.5 Å². The minimum absolute atomic E-state index is 0.113. The van der Waals surface area contributed by atoms with Gasteiger partial charge >= 0.3 is 0 Å². The average Bonchev–Trinajstić information content (AvgIpc) is 2.69. The zero-order valence-electron chi connectivity index (χ0n) is 15.0. The van der Waals surface area contributed by atoms with Crippen molar-refractivity contribution in [1.29, 1.82) is 0 Å². The van der Waals surface area contributed by atoms with E-state index in [1.165, 1.54) is 12.1 Å². The van der Waals surface area contributed by atoms with Crippen molar-refractivity contribution in [2.24, 2.45) is 0 Å². The summed E-state index contributed by atoms with van der Waals surface area (Å²) in [5.74, 6) is -4.90. The normalized spacial score (nSPS) is 10.5. The number of hydrogen-bond donors (Lipinski definition) is 2. The first kappa shape index (κ1) is 19.2. The molecular weight excluding hydrogens is 371 g/mol. The van der Waals surface area contributed by atoms with Crippen LogP contribution in [0.25, 0.3) is 0 Å². The Kier molecular flexibility index (Phi) is 5.44. The van der Waals surface area contributed by atoms with Gasteiger partial charge in [-0.1, -0.05) is 0 Å². The number of carbonyl (C=O) groups excluding carboxylic acids is 1. The van der Waals surface area contributed by atoms with Crippen molar-refractivity contribution in [1.82, 2.24) is 10.2 Å². The fraction of sp³-hybridized carbons (Fsp3) is 0.105. The van der Waals surface area contributed by atoms with E-state index >= 15 is 0 Å². The molecule has 0 saturated heterocycles. The molecular formula is C19H16F3N5O. The smallest absolute Gasteiger partial charge is 0.276 e. The zero-order valence-corrected chi connectivity index (χ0v) is 15.0. The van der Waals surface area contributed by atoms with Crippen molar-refractivity contribution >= 4 is 28.8 Å². The Morgan fingerprint density at radius 1 is 0.893 bits per heavy atom. The molecule has 1 aromatic heterocycles. The first-order valence-electron chi connectivity index (χ1n) is 8.18. The second-order valence-corrected chi connectivity index (χ2v) is 6.05. The molecule has 1 amide bonds. The van der Waals surface area contributed by atoms with Crippen LogP contribution in [0.1, 0.15) is 10.5 Å². The summed E-state index contributed by atoms with van der Waals surface area (Å²) >= 11 is 0. The van der Waals surface area contributed by atoms with Gasteiger partial charge in [-0.25, -0.2) is 13.2 Å². The van der Waals surface area contributed by atoms with Crippen molar-refractivity contribution < 1.29 is 18.0 Å². The van der Waals surface area contributed by atoms with Gasteiger partial charge in [0.05, 0.1) is 5.69 Å². The number of aromatic nitrogens is 2. The first-order valence-corrected chi connectivity index (χ1v) is 8.18. The molecule has 0 aliphatic carbocycles. The van der Waals surface area contributed by atoms with E-state index in [9.17, 15) is 18.0 Å². The number of rotatable bonds is 5. The number of amides is 1. The molecule has 0 spiro atoms. The van der Waals surface area contributed by atoms with Gasteiger partial charge in [0, 0.05) is 25.5 Å². The Morgan fingerprint density at radius 2 is 1.61 bits per heavy atom. The molecule has 2 N–H and O–H groups in total. The molecule has 0 atom stereocenters. The second kappa shape index (κ2) is 7.95. The largest absolute Gasteiger partial charge is 0.378 e. The van der Waals surface area contributed by atoms with Crippen LogP contribution in [0.4, 0.5) is 36.1 Å². The molecule has 28 heavy (non-hydrogen) atoms. The molecule has 0 saturated carbocycles. The molecule has 6 nitrogen and oxygen atoms in total. The summed E-state index contributed by atoms with van der Waals surface area (Å²) in [5, 5.41) is 12.8. The maximum absolute atomic E-state index is 13.6. The van der Waals surface area contributed by atoms with Gasteiger partial charge in [0.1, 0.15) is 0 Å². The predicted octanol–water partition coefficient (Wildman–Crippen LogP) is 3.96. The van der Waals surface area contributed by atoms with E-state index in [0.29, 0.717) is 11.9 Å². The third kappa shape index (κ3) is 4.20. The van der Waals surface area contributed by atoms with Crippen molar-refractivity contribution in [2.45, 2.75) is 0 Å². The van der Waals surface area contributed by atoms with Crippen molar-refractivity contribution in [3.05, 3.63) is 71.7 Å². The van der Waals surface area contributed by atoms with E-state index in [4.69, 9.17) is 0 Å². The highest BCUT2D eigenvalue weighted by molar-refractivity contribution is 6.02. The van der Waals surface area contributed by atoms with E-state index < -0.39 is 29.0 Å². The fourth-order valence-corrected chi connectivity index (χ4v) is 2.32. The fourth-order valence-electron chi connectivity index (χ4n) is 2.32. The Morgan fingerprint density at radius 3 is 2.21 bits per heavy atom. The molecule has 0 aliphatic rings. The lowest BCUT2D eigenvalue weighted by molar-refractivity contribution is 0.102. The van der Waals surface area contributed by atoms with Crippen LogP contribution < -0.4 is 15.5 Å². The molecule has 0 fully saturated rings. The lowest BCUT2D eigenvalue weighted by atomic mass is 10.2. The maximum atomic E-state index is 13.6. The van der Waals surface area contributed by atoms with Gasteiger partial charge in [0.25, 0.3) is 5.91 Å². The number of nitrogens with one attached hydrogen (secondary N) is 2. The summed E-state index contributed by atoms with van der Waals surface area (Å²) in [6.45, 7) is 0. The predicted molar refractivity (Wildman–Crippen MR) is 100 cm³/mol. The summed E-state index contributed by atoms with van der Waals surface area (Å²) in [7, 11) is 3.87. The minimum Gasteiger partial charge on any atom is -0.378 e. The average molecular weight is 387 g/mol. The van der Waals surface area contributed by atoms with Crippen LogP contribution in [0.2, 0.25) is 0 Å². The topological polar surface area (TPSA) is 70.2 Å². The van der Waals surface area contributed by atoms with Gasteiger partial charge in [-0.05, 0) is 48.5 Å². The Hall–Kier alpha value is -3.62. The van der Waals surface area contributed by atoms with Gasteiger partial charge in [0.15, 0.2) is 29.0 Å². The molecule has 144 valence electrons. The Bertz CT molecular complexity index is 992. The molecule has 3 rings (SSSR count). The van der Waals surface area contributed by atoms with Crippen molar-refractivity contribution in [3.63, 3.8) is 0 Å². The van der Waals surface area contributed by atoms with Crippen LogP contribution in [0, 0.1) is 17.5 Å². The van der Waals surface area contributed by atoms with Crippen molar-refractivity contribution in [3.8, 4) is 0 Å². The molecule has 9 heteroatoms. The highest BCUT2D eigenvalue weighted by Crippen LogP contribution is 2.21. The zero-order chi connectivity index (χ0) is 20.3. The molecule has 2 aromatic carbocycles. The maximum Gasteiger partial charge on any atom is 0.276 e. The van der Waals surface area contributed by atoms with Crippen molar-refractivity contribution in [2.75, 3.05) is 29.6 Å².